The molecule has 1 unspecified atom stereocenters. The number of aliphatic hydroxyl groups is 1. The van der Waals surface area contributed by atoms with Crippen molar-refractivity contribution in [3.63, 3.8) is 0 Å². The van der Waals surface area contributed by atoms with Crippen LogP contribution in [-0.4, -0.2) is 5.11 Å². The molecule has 0 heterocycles. The molecule has 0 saturated heterocycles. The van der Waals surface area contributed by atoms with Gasteiger partial charge >= 0.3 is 0 Å². The zero-order chi connectivity index (χ0) is 14.1. The number of fused-ring (bicyclic) bond motifs is 1. The van der Waals surface area contributed by atoms with Crippen LogP contribution in [0, 0.1) is 0 Å². The van der Waals surface area contributed by atoms with Gasteiger partial charge in [-0.05, 0) is 54.2 Å². The average molecular weight is 307 g/mol. The first-order valence-corrected chi connectivity index (χ1v) is 7.63. The van der Waals surface area contributed by atoms with E-state index in [9.17, 15) is 5.11 Å². The van der Waals surface area contributed by atoms with Crippen molar-refractivity contribution < 1.29 is 5.11 Å². The highest BCUT2D eigenvalue weighted by Gasteiger charge is 2.15. The number of aryl methyl sites for hydroxylation is 2. The lowest BCUT2D eigenvalue weighted by atomic mass is 9.98. The molecule has 104 valence electrons. The largest absolute Gasteiger partial charge is 0.388 e. The van der Waals surface area contributed by atoms with Crippen LogP contribution in [0.1, 0.15) is 34.8 Å². The van der Waals surface area contributed by atoms with Crippen molar-refractivity contribution in [1.82, 2.24) is 0 Å². The standard InChI is InChI=1S/C17H16Cl2O/c18-14-6-7-16(19)15(10-14)17(20)9-11-4-5-12-2-1-3-13(12)8-11/h4-8,10,17,20H,1-3,9H2. The van der Waals surface area contributed by atoms with E-state index in [0.717, 1.165) is 12.0 Å². The topological polar surface area (TPSA) is 20.2 Å². The first-order chi connectivity index (χ1) is 9.63. The highest BCUT2D eigenvalue weighted by atomic mass is 35.5. The minimum absolute atomic E-state index is 0.558. The Hall–Kier alpha value is -1.02. The van der Waals surface area contributed by atoms with Gasteiger partial charge in [0.05, 0.1) is 6.10 Å². The Morgan fingerprint density at radius 2 is 1.80 bits per heavy atom. The van der Waals surface area contributed by atoms with Crippen molar-refractivity contribution in [3.8, 4) is 0 Å². The molecule has 0 amide bonds. The molecule has 20 heavy (non-hydrogen) atoms. The maximum atomic E-state index is 10.4. The minimum Gasteiger partial charge on any atom is -0.388 e. The number of hydrogen-bond donors (Lipinski definition) is 1. The zero-order valence-electron chi connectivity index (χ0n) is 11.1. The molecule has 1 nitrogen and oxygen atoms in total. The SMILES string of the molecule is OC(Cc1ccc2c(c1)CCC2)c1cc(Cl)ccc1Cl. The molecule has 0 saturated carbocycles. The van der Waals surface area contributed by atoms with E-state index >= 15 is 0 Å². The van der Waals surface area contributed by atoms with E-state index in [-0.39, 0.29) is 0 Å². The molecule has 0 radical (unpaired) electrons. The lowest BCUT2D eigenvalue weighted by Crippen LogP contribution is -2.03. The quantitative estimate of drug-likeness (QED) is 0.867. The Morgan fingerprint density at radius 3 is 2.65 bits per heavy atom. The molecule has 2 aromatic carbocycles. The first-order valence-electron chi connectivity index (χ1n) is 6.87. The average Bonchev–Trinajstić information content (AvgIpc) is 2.89. The molecule has 0 aliphatic heterocycles. The number of rotatable bonds is 3. The lowest BCUT2D eigenvalue weighted by Gasteiger charge is -2.14. The van der Waals surface area contributed by atoms with Crippen LogP contribution in [0.3, 0.4) is 0 Å². The monoisotopic (exact) mass is 306 g/mol. The smallest absolute Gasteiger partial charge is 0.0845 e. The molecule has 2 aromatic rings. The Labute approximate surface area is 129 Å². The molecular weight excluding hydrogens is 291 g/mol. The van der Waals surface area contributed by atoms with Crippen LogP contribution in [0.15, 0.2) is 36.4 Å². The molecule has 0 bridgehead atoms. The van der Waals surface area contributed by atoms with Crippen molar-refractivity contribution in [1.29, 1.82) is 0 Å². The Bertz CT molecular complexity index is 637. The lowest BCUT2D eigenvalue weighted by molar-refractivity contribution is 0.178. The highest BCUT2D eigenvalue weighted by Crippen LogP contribution is 2.30. The summed E-state index contributed by atoms with van der Waals surface area (Å²) in [5.74, 6) is 0. The molecule has 0 spiro atoms. The van der Waals surface area contributed by atoms with Crippen molar-refractivity contribution in [2.24, 2.45) is 0 Å². The molecule has 0 aromatic heterocycles. The first kappa shape index (κ1) is 13.9. The summed E-state index contributed by atoms with van der Waals surface area (Å²) in [6, 6.07) is 11.7. The molecule has 1 aliphatic rings. The number of hydrogen-bond acceptors (Lipinski definition) is 1. The second kappa shape index (κ2) is 5.77. The summed E-state index contributed by atoms with van der Waals surface area (Å²) in [5, 5.41) is 11.5. The van der Waals surface area contributed by atoms with Crippen molar-refractivity contribution in [3.05, 3.63) is 68.7 Å². The fourth-order valence-electron chi connectivity index (χ4n) is 2.86. The molecule has 1 N–H and O–H groups in total. The highest BCUT2D eigenvalue weighted by molar-refractivity contribution is 6.33. The van der Waals surface area contributed by atoms with Gasteiger partial charge in [-0.25, -0.2) is 0 Å². The van der Waals surface area contributed by atoms with E-state index in [1.807, 2.05) is 0 Å². The van der Waals surface area contributed by atoms with Crippen LogP contribution in [0.5, 0.6) is 0 Å². The van der Waals surface area contributed by atoms with E-state index in [0.29, 0.717) is 22.0 Å². The predicted molar refractivity (Wildman–Crippen MR) is 83.6 cm³/mol. The third-order valence-corrected chi connectivity index (χ3v) is 4.49. The van der Waals surface area contributed by atoms with Gasteiger partial charge in [0.15, 0.2) is 0 Å². The molecule has 3 heteroatoms. The minimum atomic E-state index is -0.624. The van der Waals surface area contributed by atoms with Crippen molar-refractivity contribution in [2.45, 2.75) is 31.8 Å². The van der Waals surface area contributed by atoms with E-state index in [1.54, 1.807) is 18.2 Å². The summed E-state index contributed by atoms with van der Waals surface area (Å²) in [4.78, 5) is 0. The second-order valence-corrected chi connectivity index (χ2v) is 6.19. The summed E-state index contributed by atoms with van der Waals surface area (Å²) in [6.07, 6.45) is 3.50. The van der Waals surface area contributed by atoms with Crippen molar-refractivity contribution in [2.75, 3.05) is 0 Å². The van der Waals surface area contributed by atoms with Gasteiger partial charge in [0.2, 0.25) is 0 Å². The van der Waals surface area contributed by atoms with Crippen LogP contribution in [-0.2, 0) is 19.3 Å². The molecular formula is C17H16Cl2O. The predicted octanol–water partition coefficient (Wildman–Crippen LogP) is 4.76. The number of halogens is 2. The van der Waals surface area contributed by atoms with Gasteiger partial charge in [0, 0.05) is 22.0 Å². The van der Waals surface area contributed by atoms with Crippen molar-refractivity contribution >= 4 is 23.2 Å². The number of benzene rings is 2. The zero-order valence-corrected chi connectivity index (χ0v) is 12.6. The maximum Gasteiger partial charge on any atom is 0.0845 e. The van der Waals surface area contributed by atoms with Gasteiger partial charge in [-0.3, -0.25) is 0 Å². The van der Waals surface area contributed by atoms with Gasteiger partial charge in [-0.2, -0.15) is 0 Å². The third kappa shape index (κ3) is 2.85. The normalized spacial score (nSPS) is 15.2. The Kier molecular flexibility index (Phi) is 4.02. The van der Waals surface area contributed by atoms with Crippen LogP contribution in [0.4, 0.5) is 0 Å². The fraction of sp³-hybridized carbons (Fsp3) is 0.294. The van der Waals surface area contributed by atoms with Gasteiger partial charge in [-0.1, -0.05) is 41.4 Å². The van der Waals surface area contributed by atoms with Gasteiger partial charge in [0.25, 0.3) is 0 Å². The fourth-order valence-corrected chi connectivity index (χ4v) is 3.28. The number of aliphatic hydroxyl groups excluding tert-OH is 1. The molecule has 1 atom stereocenters. The van der Waals surface area contributed by atoms with E-state index in [2.05, 4.69) is 18.2 Å². The van der Waals surface area contributed by atoms with Gasteiger partial charge in [0.1, 0.15) is 0 Å². The summed E-state index contributed by atoms with van der Waals surface area (Å²) in [6.45, 7) is 0. The second-order valence-electron chi connectivity index (χ2n) is 5.34. The van der Waals surface area contributed by atoms with E-state index < -0.39 is 6.10 Å². The van der Waals surface area contributed by atoms with Crippen LogP contribution < -0.4 is 0 Å². The van der Waals surface area contributed by atoms with Crippen LogP contribution in [0.2, 0.25) is 10.0 Å². The van der Waals surface area contributed by atoms with E-state index in [1.165, 1.54) is 24.0 Å². The summed E-state index contributed by atoms with van der Waals surface area (Å²) in [7, 11) is 0. The third-order valence-electron chi connectivity index (χ3n) is 3.91. The molecule has 3 rings (SSSR count). The Balaban J connectivity index is 1.82. The van der Waals surface area contributed by atoms with E-state index in [4.69, 9.17) is 23.2 Å². The Morgan fingerprint density at radius 1 is 1.00 bits per heavy atom. The summed E-state index contributed by atoms with van der Waals surface area (Å²) in [5.41, 5.74) is 4.71. The molecule has 0 fully saturated rings. The maximum absolute atomic E-state index is 10.4. The summed E-state index contributed by atoms with van der Waals surface area (Å²) >= 11 is 12.1. The molecule has 1 aliphatic carbocycles. The van der Waals surface area contributed by atoms with Crippen LogP contribution in [0.25, 0.3) is 0 Å². The van der Waals surface area contributed by atoms with Crippen LogP contribution >= 0.6 is 23.2 Å². The van der Waals surface area contributed by atoms with Gasteiger partial charge in [-0.15, -0.1) is 0 Å². The summed E-state index contributed by atoms with van der Waals surface area (Å²) < 4.78 is 0. The van der Waals surface area contributed by atoms with Gasteiger partial charge < -0.3 is 5.11 Å².